The molecule has 0 aromatic heterocycles. The molecule has 4 rings (SSSR count). The van der Waals surface area contributed by atoms with Gasteiger partial charge in [-0.05, 0) is 17.5 Å². The van der Waals surface area contributed by atoms with Crippen LogP contribution in [0.3, 0.4) is 0 Å². The summed E-state index contributed by atoms with van der Waals surface area (Å²) in [5.41, 5.74) is 5.40. The molecule has 2 aromatic rings. The van der Waals surface area contributed by atoms with E-state index in [0.717, 1.165) is 36.5 Å². The fourth-order valence-electron chi connectivity index (χ4n) is 3.70. The summed E-state index contributed by atoms with van der Waals surface area (Å²) in [6.07, 6.45) is 3.08. The van der Waals surface area contributed by atoms with Crippen molar-refractivity contribution in [3.05, 3.63) is 94.8 Å². The molecule has 124 valence electrons. The van der Waals surface area contributed by atoms with Crippen molar-refractivity contribution < 1.29 is 0 Å². The van der Waals surface area contributed by atoms with E-state index in [1.165, 1.54) is 11.1 Å². The van der Waals surface area contributed by atoms with Gasteiger partial charge >= 0.3 is 0 Å². The van der Waals surface area contributed by atoms with Gasteiger partial charge in [0, 0.05) is 30.6 Å². The van der Waals surface area contributed by atoms with Crippen LogP contribution in [0, 0.1) is 11.3 Å². The maximum Gasteiger partial charge on any atom is 0.103 e. The zero-order valence-electron chi connectivity index (χ0n) is 14.1. The minimum Gasteiger partial charge on any atom is -0.387 e. The Hall–Kier alpha value is -2.99. The van der Waals surface area contributed by atoms with Crippen LogP contribution in [0.25, 0.3) is 0 Å². The normalized spacial score (nSPS) is 24.0. The van der Waals surface area contributed by atoms with E-state index < -0.39 is 0 Å². The quantitative estimate of drug-likeness (QED) is 0.843. The molecule has 2 aliphatic rings. The molecule has 0 unspecified atom stereocenters. The highest BCUT2D eigenvalue weighted by Gasteiger charge is 2.27. The van der Waals surface area contributed by atoms with Gasteiger partial charge in [-0.2, -0.15) is 5.26 Å². The van der Waals surface area contributed by atoms with Gasteiger partial charge in [-0.1, -0.05) is 66.7 Å². The van der Waals surface area contributed by atoms with Gasteiger partial charge in [-0.15, -0.1) is 0 Å². The van der Waals surface area contributed by atoms with Crippen LogP contribution < -0.4 is 10.6 Å². The summed E-state index contributed by atoms with van der Waals surface area (Å²) in [5, 5.41) is 16.6. The first-order valence-corrected chi connectivity index (χ1v) is 8.78. The van der Waals surface area contributed by atoms with E-state index in [1.54, 1.807) is 0 Å². The van der Waals surface area contributed by atoms with Crippen LogP contribution in [0.5, 0.6) is 0 Å². The van der Waals surface area contributed by atoms with Gasteiger partial charge in [0.05, 0.1) is 11.3 Å². The Labute approximate surface area is 148 Å². The number of nitriles is 1. The molecule has 2 atom stereocenters. The number of nitrogens with one attached hydrogen (secondary N) is 2. The molecule has 0 radical (unpaired) electrons. The van der Waals surface area contributed by atoms with Crippen LogP contribution in [-0.4, -0.2) is 13.1 Å². The van der Waals surface area contributed by atoms with Crippen LogP contribution in [0.15, 0.2) is 83.7 Å². The Bertz CT molecular complexity index is 844. The fraction of sp³-hybridized carbons (Fsp3) is 0.227. The van der Waals surface area contributed by atoms with Crippen molar-refractivity contribution in [2.24, 2.45) is 0 Å². The molecule has 0 saturated carbocycles. The SMILES string of the molecule is N#CC(C1=C[C@@H](c2ccccc2)CN1)=C1C[C@@H](c2ccccc2)CN1. The van der Waals surface area contributed by atoms with E-state index in [9.17, 15) is 5.26 Å². The maximum absolute atomic E-state index is 9.73. The van der Waals surface area contributed by atoms with Gasteiger partial charge in [0.25, 0.3) is 0 Å². The second kappa shape index (κ2) is 6.86. The summed E-state index contributed by atoms with van der Waals surface area (Å²) in [6.45, 7) is 1.74. The molecule has 0 spiro atoms. The molecule has 0 bridgehead atoms. The predicted molar refractivity (Wildman–Crippen MR) is 99.7 cm³/mol. The summed E-state index contributed by atoms with van der Waals surface area (Å²) in [7, 11) is 0. The van der Waals surface area contributed by atoms with Crippen LogP contribution in [0.1, 0.15) is 29.4 Å². The Morgan fingerprint density at radius 2 is 1.56 bits per heavy atom. The molecule has 0 amide bonds. The third-order valence-electron chi connectivity index (χ3n) is 5.07. The topological polar surface area (TPSA) is 47.9 Å². The number of rotatable bonds is 3. The third kappa shape index (κ3) is 3.16. The zero-order valence-corrected chi connectivity index (χ0v) is 14.1. The van der Waals surface area contributed by atoms with E-state index in [0.29, 0.717) is 11.8 Å². The predicted octanol–water partition coefficient (Wildman–Crippen LogP) is 3.81. The van der Waals surface area contributed by atoms with Gasteiger partial charge in [-0.25, -0.2) is 0 Å². The molecule has 25 heavy (non-hydrogen) atoms. The summed E-state index contributed by atoms with van der Waals surface area (Å²) >= 11 is 0. The lowest BCUT2D eigenvalue weighted by molar-refractivity contribution is 0.764. The Morgan fingerprint density at radius 1 is 0.880 bits per heavy atom. The monoisotopic (exact) mass is 327 g/mol. The number of allylic oxidation sites excluding steroid dienone is 2. The lowest BCUT2D eigenvalue weighted by Gasteiger charge is -2.08. The molecule has 0 aliphatic carbocycles. The molecular formula is C22H21N3. The molecule has 3 heteroatoms. The molecular weight excluding hydrogens is 306 g/mol. The average molecular weight is 327 g/mol. The van der Waals surface area contributed by atoms with Crippen molar-refractivity contribution in [2.45, 2.75) is 18.3 Å². The van der Waals surface area contributed by atoms with E-state index in [4.69, 9.17) is 0 Å². The smallest absolute Gasteiger partial charge is 0.103 e. The molecule has 3 nitrogen and oxygen atoms in total. The highest BCUT2D eigenvalue weighted by Crippen LogP contribution is 2.32. The summed E-state index contributed by atoms with van der Waals surface area (Å²) < 4.78 is 0. The van der Waals surface area contributed by atoms with Crippen molar-refractivity contribution in [3.8, 4) is 6.07 Å². The second-order valence-corrected chi connectivity index (χ2v) is 6.64. The molecule has 2 aliphatic heterocycles. The van der Waals surface area contributed by atoms with Crippen molar-refractivity contribution in [2.75, 3.05) is 13.1 Å². The number of hydrogen-bond donors (Lipinski definition) is 2. The first kappa shape index (κ1) is 15.5. The first-order chi connectivity index (χ1) is 12.3. The van der Waals surface area contributed by atoms with Crippen LogP contribution >= 0.6 is 0 Å². The zero-order chi connectivity index (χ0) is 17.1. The van der Waals surface area contributed by atoms with E-state index in [1.807, 2.05) is 12.1 Å². The van der Waals surface area contributed by atoms with Gasteiger partial charge in [0.2, 0.25) is 0 Å². The standard InChI is InChI=1S/C22H21N3/c23-13-20(21-11-18(14-24-21)16-7-3-1-4-8-16)22-12-19(15-25-22)17-9-5-2-6-10-17/h1-11,18-19,24-25H,12,14-15H2/t18-,19-/m1/s1. The Kier molecular flexibility index (Phi) is 4.26. The van der Waals surface area contributed by atoms with Gasteiger partial charge in [0.1, 0.15) is 6.07 Å². The number of nitrogens with zero attached hydrogens (tertiary/aromatic N) is 1. The summed E-state index contributed by atoms with van der Waals surface area (Å²) in [4.78, 5) is 0. The van der Waals surface area contributed by atoms with Crippen molar-refractivity contribution in [1.82, 2.24) is 10.6 Å². The number of benzene rings is 2. The van der Waals surface area contributed by atoms with Crippen molar-refractivity contribution >= 4 is 0 Å². The Morgan fingerprint density at radius 3 is 2.24 bits per heavy atom. The van der Waals surface area contributed by atoms with Crippen LogP contribution in [0.2, 0.25) is 0 Å². The molecule has 2 N–H and O–H groups in total. The van der Waals surface area contributed by atoms with E-state index in [-0.39, 0.29) is 0 Å². The van der Waals surface area contributed by atoms with Gasteiger partial charge in [0.15, 0.2) is 0 Å². The lowest BCUT2D eigenvalue weighted by Crippen LogP contribution is -2.15. The van der Waals surface area contributed by atoms with E-state index in [2.05, 4.69) is 71.3 Å². The van der Waals surface area contributed by atoms with Gasteiger partial charge < -0.3 is 10.6 Å². The highest BCUT2D eigenvalue weighted by atomic mass is 15.0. The van der Waals surface area contributed by atoms with Crippen LogP contribution in [0.4, 0.5) is 0 Å². The molecule has 1 saturated heterocycles. The number of hydrogen-bond acceptors (Lipinski definition) is 3. The minimum atomic E-state index is 0.325. The van der Waals surface area contributed by atoms with Crippen molar-refractivity contribution in [3.63, 3.8) is 0 Å². The summed E-state index contributed by atoms with van der Waals surface area (Å²) in [5.74, 6) is 0.762. The third-order valence-corrected chi connectivity index (χ3v) is 5.07. The molecule has 2 heterocycles. The second-order valence-electron chi connectivity index (χ2n) is 6.64. The van der Waals surface area contributed by atoms with E-state index >= 15 is 0 Å². The molecule has 1 fully saturated rings. The molecule has 2 aromatic carbocycles. The maximum atomic E-state index is 9.73. The Balaban J connectivity index is 1.57. The fourth-order valence-corrected chi connectivity index (χ4v) is 3.70. The van der Waals surface area contributed by atoms with Crippen molar-refractivity contribution in [1.29, 1.82) is 5.26 Å². The van der Waals surface area contributed by atoms with Crippen LogP contribution in [-0.2, 0) is 0 Å². The van der Waals surface area contributed by atoms with Gasteiger partial charge in [-0.3, -0.25) is 0 Å². The first-order valence-electron chi connectivity index (χ1n) is 8.78. The average Bonchev–Trinajstić information content (AvgIpc) is 3.35. The largest absolute Gasteiger partial charge is 0.387 e. The summed E-state index contributed by atoms with van der Waals surface area (Å²) in [6, 6.07) is 23.4. The lowest BCUT2D eigenvalue weighted by atomic mass is 9.96. The highest BCUT2D eigenvalue weighted by molar-refractivity contribution is 5.49. The minimum absolute atomic E-state index is 0.325.